The van der Waals surface area contributed by atoms with Gasteiger partial charge in [0.25, 0.3) is 0 Å². The summed E-state index contributed by atoms with van der Waals surface area (Å²) in [5.74, 6) is 0.749. The van der Waals surface area contributed by atoms with Gasteiger partial charge in [0.2, 0.25) is 5.91 Å². The number of hydrogen-bond donors (Lipinski definition) is 2. The van der Waals surface area contributed by atoms with E-state index >= 15 is 0 Å². The molecule has 1 rings (SSSR count). The maximum absolute atomic E-state index is 12.1. The zero-order valence-electron chi connectivity index (χ0n) is 10.9. The molecule has 1 aliphatic rings. The van der Waals surface area contributed by atoms with Gasteiger partial charge in [-0.1, -0.05) is 38.9 Å². The van der Waals surface area contributed by atoms with Crippen molar-refractivity contribution in [2.24, 2.45) is 17.6 Å². The Morgan fingerprint density at radius 2 is 1.88 bits per heavy atom. The Balaban J connectivity index is 2.51. The second kappa shape index (κ2) is 6.94. The van der Waals surface area contributed by atoms with E-state index in [9.17, 15) is 4.79 Å². The summed E-state index contributed by atoms with van der Waals surface area (Å²) in [4.78, 5) is 12.6. The molecule has 0 aromatic rings. The van der Waals surface area contributed by atoms with Crippen molar-refractivity contribution in [1.29, 1.82) is 0 Å². The molecule has 17 heavy (non-hydrogen) atoms. The van der Waals surface area contributed by atoms with Crippen molar-refractivity contribution in [3.05, 3.63) is 0 Å². The smallest absolute Gasteiger partial charge is 0.223 e. The van der Waals surface area contributed by atoms with E-state index in [2.05, 4.69) is 19.2 Å². The quantitative estimate of drug-likeness (QED) is 0.656. The molecule has 0 aromatic carbocycles. The molecule has 0 radical (unpaired) electrons. The molecule has 0 heterocycles. The maximum atomic E-state index is 12.1. The van der Waals surface area contributed by atoms with Crippen molar-refractivity contribution in [2.45, 2.75) is 58.4 Å². The Morgan fingerprint density at radius 3 is 2.24 bits per heavy atom. The van der Waals surface area contributed by atoms with E-state index in [4.69, 9.17) is 18.0 Å². The molecule has 0 bridgehead atoms. The number of nitrogens with two attached hydrogens (primary N) is 1. The largest absolute Gasteiger partial charge is 0.392 e. The Labute approximate surface area is 110 Å². The average Bonchev–Trinajstić information content (AvgIpc) is 3.08. The van der Waals surface area contributed by atoms with Crippen LogP contribution in [0, 0.1) is 11.8 Å². The fourth-order valence-electron chi connectivity index (χ4n) is 2.23. The minimum atomic E-state index is -0.0753. The summed E-state index contributed by atoms with van der Waals surface area (Å²) in [7, 11) is 0. The summed E-state index contributed by atoms with van der Waals surface area (Å²) in [5, 5.41) is 3.04. The van der Waals surface area contributed by atoms with Crippen molar-refractivity contribution in [2.75, 3.05) is 0 Å². The highest BCUT2D eigenvalue weighted by Crippen LogP contribution is 2.33. The molecule has 1 unspecified atom stereocenters. The molecule has 0 saturated heterocycles. The van der Waals surface area contributed by atoms with Crippen molar-refractivity contribution in [1.82, 2.24) is 5.32 Å². The number of hydrogen-bond acceptors (Lipinski definition) is 2. The van der Waals surface area contributed by atoms with Gasteiger partial charge in [0, 0.05) is 5.92 Å². The van der Waals surface area contributed by atoms with Crippen LogP contribution in [0.4, 0.5) is 0 Å². The topological polar surface area (TPSA) is 55.1 Å². The van der Waals surface area contributed by atoms with Gasteiger partial charge in [-0.05, 0) is 31.6 Å². The predicted octanol–water partition coefficient (Wildman–Crippen LogP) is 2.38. The van der Waals surface area contributed by atoms with E-state index in [0.717, 1.165) is 38.5 Å². The first-order chi connectivity index (χ1) is 8.10. The Hall–Kier alpha value is -0.640. The van der Waals surface area contributed by atoms with Crippen LogP contribution in [0.25, 0.3) is 0 Å². The van der Waals surface area contributed by atoms with E-state index in [1.165, 1.54) is 0 Å². The molecule has 98 valence electrons. The molecule has 1 amide bonds. The van der Waals surface area contributed by atoms with Crippen LogP contribution in [-0.2, 0) is 4.79 Å². The summed E-state index contributed by atoms with van der Waals surface area (Å²) in [6.45, 7) is 4.23. The second-order valence-electron chi connectivity index (χ2n) is 5.00. The van der Waals surface area contributed by atoms with E-state index < -0.39 is 0 Å². The fraction of sp³-hybridized carbons (Fsp3) is 0.846. The number of thiocarbonyl (C=S) groups is 1. The van der Waals surface area contributed by atoms with Crippen molar-refractivity contribution in [3.8, 4) is 0 Å². The van der Waals surface area contributed by atoms with Gasteiger partial charge < -0.3 is 11.1 Å². The minimum absolute atomic E-state index is 0.0753. The van der Waals surface area contributed by atoms with Gasteiger partial charge in [-0.15, -0.1) is 0 Å². The zero-order valence-corrected chi connectivity index (χ0v) is 11.7. The van der Waals surface area contributed by atoms with E-state index in [-0.39, 0.29) is 17.9 Å². The monoisotopic (exact) mass is 256 g/mol. The zero-order chi connectivity index (χ0) is 12.8. The lowest BCUT2D eigenvalue weighted by molar-refractivity contribution is -0.125. The highest BCUT2D eigenvalue weighted by atomic mass is 32.1. The third kappa shape index (κ3) is 4.62. The number of amides is 1. The fourth-order valence-corrected chi connectivity index (χ4v) is 2.48. The molecule has 0 spiro atoms. The molecule has 0 aromatic heterocycles. The normalized spacial score (nSPS) is 16.9. The first-order valence-electron chi connectivity index (χ1n) is 6.69. The van der Waals surface area contributed by atoms with Crippen LogP contribution in [0.15, 0.2) is 0 Å². The van der Waals surface area contributed by atoms with Crippen molar-refractivity contribution in [3.63, 3.8) is 0 Å². The van der Waals surface area contributed by atoms with Gasteiger partial charge >= 0.3 is 0 Å². The van der Waals surface area contributed by atoms with Crippen LogP contribution in [0.1, 0.15) is 52.4 Å². The van der Waals surface area contributed by atoms with Gasteiger partial charge in [0.05, 0.1) is 11.0 Å². The summed E-state index contributed by atoms with van der Waals surface area (Å²) in [6, 6.07) is -0.0753. The van der Waals surface area contributed by atoms with Crippen LogP contribution in [-0.4, -0.2) is 16.9 Å². The number of rotatable bonds is 8. The van der Waals surface area contributed by atoms with Gasteiger partial charge in [0.15, 0.2) is 0 Å². The van der Waals surface area contributed by atoms with E-state index in [0.29, 0.717) is 10.9 Å². The van der Waals surface area contributed by atoms with Crippen molar-refractivity contribution < 1.29 is 4.79 Å². The van der Waals surface area contributed by atoms with Crippen LogP contribution in [0.2, 0.25) is 0 Å². The molecule has 4 heteroatoms. The second-order valence-corrected chi connectivity index (χ2v) is 5.47. The van der Waals surface area contributed by atoms with Gasteiger partial charge in [-0.25, -0.2) is 0 Å². The Morgan fingerprint density at radius 1 is 1.35 bits per heavy atom. The van der Waals surface area contributed by atoms with Gasteiger partial charge in [-0.3, -0.25) is 4.79 Å². The number of carbonyl (C=O) groups is 1. The third-order valence-corrected chi connectivity index (χ3v) is 3.60. The molecule has 1 saturated carbocycles. The average molecular weight is 256 g/mol. The molecular weight excluding hydrogens is 232 g/mol. The molecule has 3 N–H and O–H groups in total. The standard InChI is InChI=1S/C13H24N2OS/c1-3-5-10(6-4-2)13(16)15-11(12(14)17)9-7-8-9/h9-11H,3-8H2,1-2H3,(H2,14,17)(H,15,16). The highest BCUT2D eigenvalue weighted by Gasteiger charge is 2.35. The summed E-state index contributed by atoms with van der Waals surface area (Å²) >= 11 is 5.03. The van der Waals surface area contributed by atoms with Gasteiger partial charge in [0.1, 0.15) is 0 Å². The van der Waals surface area contributed by atoms with E-state index in [1.807, 2.05) is 0 Å². The van der Waals surface area contributed by atoms with Crippen LogP contribution >= 0.6 is 12.2 Å². The van der Waals surface area contributed by atoms with Crippen LogP contribution < -0.4 is 11.1 Å². The summed E-state index contributed by atoms with van der Waals surface area (Å²) in [6.07, 6.45) is 6.25. The molecule has 1 fully saturated rings. The van der Waals surface area contributed by atoms with Gasteiger partial charge in [-0.2, -0.15) is 0 Å². The van der Waals surface area contributed by atoms with Crippen LogP contribution in [0.5, 0.6) is 0 Å². The first kappa shape index (κ1) is 14.4. The third-order valence-electron chi connectivity index (χ3n) is 3.34. The maximum Gasteiger partial charge on any atom is 0.223 e. The minimum Gasteiger partial charge on any atom is -0.392 e. The molecule has 1 aliphatic carbocycles. The lowest BCUT2D eigenvalue weighted by atomic mass is 9.96. The Kier molecular flexibility index (Phi) is 5.89. The summed E-state index contributed by atoms with van der Waals surface area (Å²) in [5.41, 5.74) is 5.69. The lowest BCUT2D eigenvalue weighted by Gasteiger charge is -2.21. The van der Waals surface area contributed by atoms with Crippen molar-refractivity contribution >= 4 is 23.1 Å². The first-order valence-corrected chi connectivity index (χ1v) is 7.10. The predicted molar refractivity (Wildman–Crippen MR) is 74.7 cm³/mol. The number of nitrogens with one attached hydrogen (secondary N) is 1. The Bertz CT molecular complexity index is 271. The molecule has 0 aliphatic heterocycles. The molecular formula is C13H24N2OS. The molecule has 3 nitrogen and oxygen atoms in total. The summed E-state index contributed by atoms with van der Waals surface area (Å²) < 4.78 is 0. The number of carbonyl (C=O) groups excluding carboxylic acids is 1. The lowest BCUT2D eigenvalue weighted by Crippen LogP contribution is -2.47. The van der Waals surface area contributed by atoms with Crippen LogP contribution in [0.3, 0.4) is 0 Å². The highest BCUT2D eigenvalue weighted by molar-refractivity contribution is 7.80. The van der Waals surface area contributed by atoms with E-state index in [1.54, 1.807) is 0 Å². The SMILES string of the molecule is CCCC(CCC)C(=O)NC(C(N)=S)C1CC1. The molecule has 1 atom stereocenters.